The second-order valence-corrected chi connectivity index (χ2v) is 11.9. The Kier molecular flexibility index (Phi) is 7.13. The van der Waals surface area contributed by atoms with Crippen molar-refractivity contribution in [2.45, 2.75) is 72.3 Å². The van der Waals surface area contributed by atoms with Gasteiger partial charge in [0.1, 0.15) is 5.75 Å². The van der Waals surface area contributed by atoms with Gasteiger partial charge < -0.3 is 13.6 Å². The molecule has 0 bridgehead atoms. The lowest BCUT2D eigenvalue weighted by atomic mass is 9.80. The molecule has 2 aromatic heterocycles. The van der Waals surface area contributed by atoms with Crippen LogP contribution in [0.15, 0.2) is 75.1 Å². The predicted molar refractivity (Wildman–Crippen MR) is 155 cm³/mol. The lowest BCUT2D eigenvalue weighted by Crippen LogP contribution is -2.21. The molecular weight excluding hydrogens is 500 g/mol. The fourth-order valence-electron chi connectivity index (χ4n) is 5.59. The fourth-order valence-corrected chi connectivity index (χ4v) is 5.59. The Morgan fingerprint density at radius 2 is 1.32 bits per heavy atom. The summed E-state index contributed by atoms with van der Waals surface area (Å²) >= 11 is 0. The van der Waals surface area contributed by atoms with E-state index in [0.717, 1.165) is 40.9 Å². The fraction of sp³-hybridized carbons (Fsp3) is 0.394. The van der Waals surface area contributed by atoms with Crippen molar-refractivity contribution in [1.82, 2.24) is 20.4 Å². The van der Waals surface area contributed by atoms with E-state index in [1.807, 2.05) is 48.5 Å². The molecule has 1 saturated carbocycles. The minimum atomic E-state index is 0.168. The van der Waals surface area contributed by atoms with Gasteiger partial charge >= 0.3 is 0 Å². The van der Waals surface area contributed by atoms with Gasteiger partial charge in [-0.25, -0.2) is 0 Å². The van der Waals surface area contributed by atoms with Crippen LogP contribution in [0.4, 0.5) is 0 Å². The quantitative estimate of drug-likeness (QED) is 0.234. The zero-order valence-corrected chi connectivity index (χ0v) is 23.7. The summed E-state index contributed by atoms with van der Waals surface area (Å²) in [5, 5.41) is 17.3. The summed E-state index contributed by atoms with van der Waals surface area (Å²) in [6, 6.07) is 15.6. The van der Waals surface area contributed by atoms with Crippen LogP contribution < -0.4 is 4.74 Å². The van der Waals surface area contributed by atoms with Crippen LogP contribution in [0.3, 0.4) is 0 Å². The molecule has 0 unspecified atom stereocenters. The normalized spacial score (nSPS) is 17.0. The highest BCUT2D eigenvalue weighted by Gasteiger charge is 2.24. The first-order valence-electron chi connectivity index (χ1n) is 14.3. The molecule has 0 saturated heterocycles. The summed E-state index contributed by atoms with van der Waals surface area (Å²) in [5.41, 5.74) is 5.08. The number of hydrogen-bond donors (Lipinski definition) is 0. The largest absolute Gasteiger partial charge is 0.490 e. The Hall–Kier alpha value is -4.00. The first kappa shape index (κ1) is 26.2. The van der Waals surface area contributed by atoms with E-state index in [1.54, 1.807) is 0 Å². The standard InChI is InChI=1S/C33H36N4O3/c1-21(22-9-5-6-10-22)38-28-14-8-13-26(20-28)32-37-36-31(40-32)25-12-7-11-24(19-25)30-35-34-29(39-30)23-15-17-27(18-16-23)33(2,3)4/h7-8,11-15,17,19-22H,5-6,9-10,16,18H2,1-4H3/t21-/m1/s1. The summed E-state index contributed by atoms with van der Waals surface area (Å²) < 4.78 is 18.4. The molecule has 2 aliphatic carbocycles. The van der Waals surface area contributed by atoms with Crippen molar-refractivity contribution in [3.8, 4) is 40.1 Å². The van der Waals surface area contributed by atoms with Crippen LogP contribution in [0.5, 0.6) is 5.75 Å². The summed E-state index contributed by atoms with van der Waals surface area (Å²) in [7, 11) is 0. The summed E-state index contributed by atoms with van der Waals surface area (Å²) in [4.78, 5) is 0. The number of aromatic nitrogens is 4. The minimum Gasteiger partial charge on any atom is -0.490 e. The molecule has 206 valence electrons. The molecule has 0 radical (unpaired) electrons. The van der Waals surface area contributed by atoms with Crippen molar-refractivity contribution in [3.63, 3.8) is 0 Å². The molecule has 0 aliphatic heterocycles. The third kappa shape index (κ3) is 5.64. The average molecular weight is 537 g/mol. The summed E-state index contributed by atoms with van der Waals surface area (Å²) in [5.74, 6) is 3.35. The lowest BCUT2D eigenvalue weighted by molar-refractivity contribution is 0.154. The highest BCUT2D eigenvalue weighted by molar-refractivity contribution is 5.67. The summed E-state index contributed by atoms with van der Waals surface area (Å²) in [6.07, 6.45) is 11.4. The van der Waals surface area contributed by atoms with E-state index >= 15 is 0 Å². The number of hydrogen-bond acceptors (Lipinski definition) is 7. The Morgan fingerprint density at radius 1 is 0.750 bits per heavy atom. The number of benzene rings is 2. The molecule has 1 atom stereocenters. The van der Waals surface area contributed by atoms with Gasteiger partial charge in [-0.2, -0.15) is 0 Å². The number of allylic oxidation sites excluding steroid dienone is 4. The van der Waals surface area contributed by atoms with Crippen molar-refractivity contribution in [3.05, 3.63) is 72.1 Å². The van der Waals surface area contributed by atoms with Gasteiger partial charge in [-0.3, -0.25) is 0 Å². The van der Waals surface area contributed by atoms with Crippen LogP contribution in [-0.2, 0) is 0 Å². The molecule has 4 aromatic rings. The van der Waals surface area contributed by atoms with Crippen molar-refractivity contribution in [2.24, 2.45) is 11.3 Å². The molecule has 2 aliphatic rings. The molecule has 7 nitrogen and oxygen atoms in total. The molecule has 6 rings (SSSR count). The first-order valence-corrected chi connectivity index (χ1v) is 14.3. The topological polar surface area (TPSA) is 87.1 Å². The Labute approximate surface area is 235 Å². The van der Waals surface area contributed by atoms with E-state index in [4.69, 9.17) is 13.6 Å². The van der Waals surface area contributed by atoms with Crippen molar-refractivity contribution >= 4 is 5.57 Å². The van der Waals surface area contributed by atoms with E-state index in [2.05, 4.69) is 60.2 Å². The van der Waals surface area contributed by atoms with E-state index in [9.17, 15) is 0 Å². The zero-order valence-electron chi connectivity index (χ0n) is 23.7. The SMILES string of the molecule is C[C@@H](Oc1cccc(-c2nnc(-c3cccc(-c4nnc(C5=CC=C(C(C)(C)C)CC5)o4)c3)o2)c1)C1CCCC1. The highest BCUT2D eigenvalue weighted by Crippen LogP contribution is 2.36. The molecule has 2 heterocycles. The average Bonchev–Trinajstić information content (AvgIpc) is 3.75. The maximum Gasteiger partial charge on any atom is 0.248 e. The van der Waals surface area contributed by atoms with Gasteiger partial charge in [0, 0.05) is 22.3 Å². The minimum absolute atomic E-state index is 0.168. The maximum atomic E-state index is 6.26. The monoisotopic (exact) mass is 536 g/mol. The van der Waals surface area contributed by atoms with Gasteiger partial charge in [0.05, 0.1) is 6.10 Å². The molecule has 1 fully saturated rings. The van der Waals surface area contributed by atoms with Crippen LogP contribution in [-0.4, -0.2) is 26.5 Å². The lowest BCUT2D eigenvalue weighted by Gasteiger charge is -2.25. The molecule has 0 N–H and O–H groups in total. The molecule has 0 amide bonds. The molecule has 40 heavy (non-hydrogen) atoms. The molecule has 0 spiro atoms. The predicted octanol–water partition coefficient (Wildman–Crippen LogP) is 8.56. The van der Waals surface area contributed by atoms with Gasteiger partial charge in [0.15, 0.2) is 0 Å². The second-order valence-electron chi connectivity index (χ2n) is 11.9. The van der Waals surface area contributed by atoms with Crippen LogP contribution in [0.25, 0.3) is 39.9 Å². The highest BCUT2D eigenvalue weighted by atomic mass is 16.5. The number of ether oxygens (including phenoxy) is 1. The van der Waals surface area contributed by atoms with E-state index in [-0.39, 0.29) is 11.5 Å². The molecule has 7 heteroatoms. The second kappa shape index (κ2) is 10.9. The Bertz CT molecular complexity index is 1550. The van der Waals surface area contributed by atoms with Crippen LogP contribution in [0.2, 0.25) is 0 Å². The Balaban J connectivity index is 1.18. The molecular formula is C33H36N4O3. The van der Waals surface area contributed by atoms with Crippen LogP contribution >= 0.6 is 0 Å². The zero-order chi connectivity index (χ0) is 27.7. The van der Waals surface area contributed by atoms with Crippen molar-refractivity contribution in [1.29, 1.82) is 0 Å². The molecule has 2 aromatic carbocycles. The smallest absolute Gasteiger partial charge is 0.248 e. The summed E-state index contributed by atoms with van der Waals surface area (Å²) in [6.45, 7) is 8.89. The Morgan fingerprint density at radius 3 is 1.93 bits per heavy atom. The number of rotatable bonds is 7. The van der Waals surface area contributed by atoms with E-state index in [0.29, 0.717) is 29.5 Å². The van der Waals surface area contributed by atoms with Gasteiger partial charge in [0.25, 0.3) is 0 Å². The third-order valence-electron chi connectivity index (χ3n) is 8.06. The first-order chi connectivity index (χ1) is 19.3. The number of nitrogens with zero attached hydrogens (tertiary/aromatic N) is 4. The van der Waals surface area contributed by atoms with Gasteiger partial charge in [-0.05, 0) is 80.3 Å². The van der Waals surface area contributed by atoms with Gasteiger partial charge in [0.2, 0.25) is 23.6 Å². The van der Waals surface area contributed by atoms with Crippen molar-refractivity contribution in [2.75, 3.05) is 0 Å². The van der Waals surface area contributed by atoms with E-state index in [1.165, 1.54) is 31.3 Å². The van der Waals surface area contributed by atoms with Crippen LogP contribution in [0.1, 0.15) is 72.1 Å². The maximum absolute atomic E-state index is 6.26. The van der Waals surface area contributed by atoms with Gasteiger partial charge in [-0.1, -0.05) is 63.5 Å². The third-order valence-corrected chi connectivity index (χ3v) is 8.06. The van der Waals surface area contributed by atoms with E-state index < -0.39 is 0 Å². The van der Waals surface area contributed by atoms with Gasteiger partial charge in [-0.15, -0.1) is 20.4 Å². The van der Waals surface area contributed by atoms with Crippen molar-refractivity contribution < 1.29 is 13.6 Å². The van der Waals surface area contributed by atoms with Crippen LogP contribution in [0, 0.1) is 11.3 Å².